The van der Waals surface area contributed by atoms with Gasteiger partial charge in [-0.25, -0.2) is 0 Å². The minimum Gasteiger partial charge on any atom is -0.277 e. The van der Waals surface area contributed by atoms with Gasteiger partial charge in [-0.3, -0.25) is 15.1 Å². The molecule has 5 heteroatoms. The van der Waals surface area contributed by atoms with Crippen LogP contribution in [0.1, 0.15) is 0 Å². The number of hydrogen-bond acceptors (Lipinski definition) is 3. The molecule has 0 aromatic rings. The second-order valence-electron chi connectivity index (χ2n) is 1.63. The second-order valence-corrected chi connectivity index (χ2v) is 2.02. The van der Waals surface area contributed by atoms with Crippen LogP contribution in [0.15, 0.2) is 29.4 Å². The molecule has 0 aromatic heterocycles. The zero-order valence-corrected chi connectivity index (χ0v) is 6.71. The van der Waals surface area contributed by atoms with Crippen LogP contribution in [0, 0.1) is 10.1 Å². The number of rotatable bonds is 3. The summed E-state index contributed by atoms with van der Waals surface area (Å²) in [7, 11) is 1.49. The molecule has 0 radical (unpaired) electrons. The predicted octanol–water partition coefficient (Wildman–Crippen LogP) is 1.60. The minimum atomic E-state index is -0.601. The van der Waals surface area contributed by atoms with E-state index in [0.717, 1.165) is 0 Å². The maximum atomic E-state index is 9.97. The summed E-state index contributed by atoms with van der Waals surface area (Å²) in [5, 5.41) is 10.2. The Labute approximate surface area is 69.0 Å². The van der Waals surface area contributed by atoms with Crippen LogP contribution in [0.3, 0.4) is 0 Å². The van der Waals surface area contributed by atoms with Crippen molar-refractivity contribution in [2.75, 3.05) is 7.05 Å². The van der Waals surface area contributed by atoms with Crippen LogP contribution >= 0.6 is 11.6 Å². The van der Waals surface area contributed by atoms with E-state index in [4.69, 9.17) is 11.6 Å². The van der Waals surface area contributed by atoms with Crippen LogP contribution in [0.5, 0.6) is 0 Å². The van der Waals surface area contributed by atoms with Gasteiger partial charge in [0.15, 0.2) is 0 Å². The van der Waals surface area contributed by atoms with Crippen LogP contribution in [0.25, 0.3) is 0 Å². The van der Waals surface area contributed by atoms with Crippen LogP contribution < -0.4 is 0 Å². The average molecular weight is 175 g/mol. The van der Waals surface area contributed by atoms with E-state index in [1.807, 2.05) is 0 Å². The molecule has 11 heavy (non-hydrogen) atoms. The number of nitro groups is 1. The first-order valence-electron chi connectivity index (χ1n) is 2.71. The predicted molar refractivity (Wildman–Crippen MR) is 44.5 cm³/mol. The van der Waals surface area contributed by atoms with Gasteiger partial charge in [-0.2, -0.15) is 0 Å². The Bertz CT molecular complexity index is 233. The second kappa shape index (κ2) is 4.62. The molecular weight excluding hydrogens is 168 g/mol. The van der Waals surface area contributed by atoms with Gasteiger partial charge in [-0.1, -0.05) is 11.6 Å². The maximum Gasteiger partial charge on any atom is 0.262 e. The fourth-order valence-corrected chi connectivity index (χ4v) is 0.363. The highest BCUT2D eigenvalue weighted by Crippen LogP contribution is 1.95. The maximum absolute atomic E-state index is 9.97. The standard InChI is InChI=1S/C6H7ClN2O2/c1-5(9(10)11)3-4-6(7)8-2/h3-4H,1H2,2H3/b4-3-,8-6+. The molecule has 0 aliphatic heterocycles. The Morgan fingerprint density at radius 1 is 1.73 bits per heavy atom. The van der Waals surface area contributed by atoms with E-state index in [9.17, 15) is 10.1 Å². The van der Waals surface area contributed by atoms with Crippen molar-refractivity contribution in [3.8, 4) is 0 Å². The monoisotopic (exact) mass is 174 g/mol. The van der Waals surface area contributed by atoms with Crippen molar-refractivity contribution in [2.45, 2.75) is 0 Å². The van der Waals surface area contributed by atoms with Crippen molar-refractivity contribution >= 4 is 16.8 Å². The number of nitrogens with zero attached hydrogens (tertiary/aromatic N) is 2. The van der Waals surface area contributed by atoms with Crippen molar-refractivity contribution in [1.29, 1.82) is 0 Å². The van der Waals surface area contributed by atoms with Gasteiger partial charge in [-0.15, -0.1) is 0 Å². The summed E-state index contributed by atoms with van der Waals surface area (Å²) in [4.78, 5) is 12.9. The Morgan fingerprint density at radius 3 is 2.64 bits per heavy atom. The summed E-state index contributed by atoms with van der Waals surface area (Å²) < 4.78 is 0. The largest absolute Gasteiger partial charge is 0.277 e. The normalized spacial score (nSPS) is 12.0. The molecule has 0 aromatic carbocycles. The van der Waals surface area contributed by atoms with Gasteiger partial charge in [0.05, 0.1) is 4.92 Å². The lowest BCUT2D eigenvalue weighted by molar-refractivity contribution is -0.418. The zero-order valence-electron chi connectivity index (χ0n) is 5.95. The quantitative estimate of drug-likeness (QED) is 0.282. The third kappa shape index (κ3) is 4.27. The summed E-state index contributed by atoms with van der Waals surface area (Å²) in [5.41, 5.74) is -0.216. The molecular formula is C6H7ClN2O2. The molecule has 60 valence electrons. The minimum absolute atomic E-state index is 0.202. The first kappa shape index (κ1) is 9.84. The van der Waals surface area contributed by atoms with Crippen LogP contribution in [0.2, 0.25) is 0 Å². The molecule has 0 bridgehead atoms. The van der Waals surface area contributed by atoms with Crippen LogP contribution in [-0.2, 0) is 0 Å². The first-order chi connectivity index (χ1) is 5.07. The van der Waals surface area contributed by atoms with E-state index in [1.165, 1.54) is 19.2 Å². The van der Waals surface area contributed by atoms with Gasteiger partial charge in [0.25, 0.3) is 5.70 Å². The van der Waals surface area contributed by atoms with Gasteiger partial charge in [-0.05, 0) is 12.7 Å². The Morgan fingerprint density at radius 2 is 2.27 bits per heavy atom. The summed E-state index contributed by atoms with van der Waals surface area (Å²) >= 11 is 5.41. The molecule has 0 spiro atoms. The van der Waals surface area contributed by atoms with Crippen LogP contribution in [-0.4, -0.2) is 17.1 Å². The molecule has 0 rings (SSSR count). The highest BCUT2D eigenvalue weighted by molar-refractivity contribution is 6.68. The lowest BCUT2D eigenvalue weighted by atomic mass is 10.4. The molecule has 0 unspecified atom stereocenters. The average Bonchev–Trinajstić information content (AvgIpc) is 1.99. The summed E-state index contributed by atoms with van der Waals surface area (Å²) in [6, 6.07) is 0. The number of hydrogen-bond donors (Lipinski definition) is 0. The smallest absolute Gasteiger partial charge is 0.262 e. The fraction of sp³-hybridized carbons (Fsp3) is 0.167. The van der Waals surface area contributed by atoms with Gasteiger partial charge < -0.3 is 0 Å². The number of halogens is 1. The van der Waals surface area contributed by atoms with E-state index in [-0.39, 0.29) is 10.9 Å². The van der Waals surface area contributed by atoms with E-state index in [0.29, 0.717) is 0 Å². The van der Waals surface area contributed by atoms with Crippen molar-refractivity contribution in [3.05, 3.63) is 34.5 Å². The fourth-order valence-electron chi connectivity index (χ4n) is 0.300. The molecule has 4 nitrogen and oxygen atoms in total. The summed E-state index contributed by atoms with van der Waals surface area (Å²) in [6.07, 6.45) is 2.50. The van der Waals surface area contributed by atoms with Gasteiger partial charge in [0.2, 0.25) is 0 Å². The van der Waals surface area contributed by atoms with Crippen molar-refractivity contribution in [2.24, 2.45) is 4.99 Å². The third-order valence-electron chi connectivity index (χ3n) is 0.861. The molecule has 0 saturated heterocycles. The molecule has 0 fully saturated rings. The lowest BCUT2D eigenvalue weighted by Gasteiger charge is -1.85. The molecule has 0 saturated carbocycles. The zero-order chi connectivity index (χ0) is 8.85. The molecule has 0 N–H and O–H groups in total. The van der Waals surface area contributed by atoms with Crippen molar-refractivity contribution in [1.82, 2.24) is 0 Å². The molecule has 0 heterocycles. The summed E-state index contributed by atoms with van der Waals surface area (Å²) in [5.74, 6) is 0. The van der Waals surface area contributed by atoms with Crippen LogP contribution in [0.4, 0.5) is 0 Å². The molecule has 0 atom stereocenters. The van der Waals surface area contributed by atoms with Crippen molar-refractivity contribution < 1.29 is 4.92 Å². The van der Waals surface area contributed by atoms with E-state index < -0.39 is 4.92 Å². The van der Waals surface area contributed by atoms with Gasteiger partial charge in [0, 0.05) is 13.1 Å². The molecule has 0 aliphatic carbocycles. The van der Waals surface area contributed by atoms with E-state index in [1.54, 1.807) is 0 Å². The third-order valence-corrected chi connectivity index (χ3v) is 1.16. The first-order valence-corrected chi connectivity index (χ1v) is 3.09. The number of aliphatic imine (C=N–C) groups is 1. The molecule has 0 aliphatic rings. The Kier molecular flexibility index (Phi) is 4.14. The molecule has 0 amide bonds. The number of allylic oxidation sites excluding steroid dienone is 2. The highest BCUT2D eigenvalue weighted by Gasteiger charge is 1.99. The lowest BCUT2D eigenvalue weighted by Crippen LogP contribution is -1.93. The van der Waals surface area contributed by atoms with Gasteiger partial charge in [0.1, 0.15) is 5.17 Å². The van der Waals surface area contributed by atoms with Crippen molar-refractivity contribution in [3.63, 3.8) is 0 Å². The summed E-state index contributed by atoms with van der Waals surface area (Å²) in [6.45, 7) is 3.16. The SMILES string of the molecule is C=C(/C=C\C(Cl)=N/C)[N+](=O)[O-]. The Balaban J connectivity index is 4.15. The van der Waals surface area contributed by atoms with E-state index in [2.05, 4.69) is 11.6 Å². The van der Waals surface area contributed by atoms with E-state index >= 15 is 0 Å². The highest BCUT2D eigenvalue weighted by atomic mass is 35.5. The Hall–Kier alpha value is -1.16. The topological polar surface area (TPSA) is 55.5 Å². The van der Waals surface area contributed by atoms with Gasteiger partial charge >= 0.3 is 0 Å².